The number of halogens is 3. The summed E-state index contributed by atoms with van der Waals surface area (Å²) in [6.45, 7) is 6.42. The molecule has 35 heavy (non-hydrogen) atoms. The van der Waals surface area contributed by atoms with E-state index >= 15 is 0 Å². The minimum Gasteiger partial charge on any atom is -0.476 e. The second kappa shape index (κ2) is 11.2. The quantitative estimate of drug-likeness (QED) is 0.451. The molecule has 0 atom stereocenters. The van der Waals surface area contributed by atoms with Crippen LogP contribution in [0.15, 0.2) is 36.4 Å². The topological polar surface area (TPSA) is 80.4 Å². The third-order valence-corrected chi connectivity index (χ3v) is 6.61. The Morgan fingerprint density at radius 1 is 1.03 bits per heavy atom. The maximum absolute atomic E-state index is 13.6. The molecule has 4 rings (SSSR count). The van der Waals surface area contributed by atoms with Crippen LogP contribution in [0.5, 0.6) is 5.88 Å². The molecule has 3 heterocycles. The van der Waals surface area contributed by atoms with Crippen molar-refractivity contribution in [2.24, 2.45) is 0 Å². The third kappa shape index (κ3) is 6.22. The van der Waals surface area contributed by atoms with Crippen LogP contribution < -0.4 is 10.5 Å². The number of nitrogens with two attached hydrogens (primary N) is 1. The molecule has 1 aliphatic heterocycles. The molecule has 0 bridgehead atoms. The van der Waals surface area contributed by atoms with Gasteiger partial charge in [0, 0.05) is 44.0 Å². The molecule has 0 unspecified atom stereocenters. The lowest BCUT2D eigenvalue weighted by molar-refractivity contribution is 0.146. The zero-order valence-electron chi connectivity index (χ0n) is 19.5. The van der Waals surface area contributed by atoms with Crippen LogP contribution >= 0.6 is 11.9 Å². The van der Waals surface area contributed by atoms with Gasteiger partial charge in [-0.3, -0.25) is 9.88 Å². The Kier molecular flexibility index (Phi) is 8.09. The Hall–Kier alpha value is -2.89. The molecule has 0 saturated carbocycles. The second-order valence-electron chi connectivity index (χ2n) is 8.14. The van der Waals surface area contributed by atoms with Crippen LogP contribution in [-0.4, -0.2) is 69.7 Å². The number of alkyl halides is 2. The third-order valence-electron chi connectivity index (χ3n) is 5.73. The van der Waals surface area contributed by atoms with Crippen LogP contribution in [0.1, 0.15) is 17.8 Å². The van der Waals surface area contributed by atoms with Crippen molar-refractivity contribution in [2.45, 2.75) is 13.3 Å². The monoisotopic (exact) mass is 504 g/mol. The number of hydrogen-bond donors (Lipinski definition) is 1. The summed E-state index contributed by atoms with van der Waals surface area (Å²) in [6.07, 6.45) is -0.680. The van der Waals surface area contributed by atoms with Crippen molar-refractivity contribution in [1.29, 1.82) is 0 Å². The van der Waals surface area contributed by atoms with Crippen molar-refractivity contribution in [2.75, 3.05) is 51.3 Å². The summed E-state index contributed by atoms with van der Waals surface area (Å²) in [5.41, 5.74) is 7.81. The number of aromatic nitrogens is 3. The summed E-state index contributed by atoms with van der Waals surface area (Å²) in [5.74, 6) is -0.253. The molecule has 0 spiro atoms. The van der Waals surface area contributed by atoms with Crippen molar-refractivity contribution in [3.05, 3.63) is 53.6 Å². The van der Waals surface area contributed by atoms with Crippen LogP contribution in [0, 0.1) is 12.7 Å². The van der Waals surface area contributed by atoms with Gasteiger partial charge in [0.2, 0.25) is 11.8 Å². The molecule has 1 saturated heterocycles. The van der Waals surface area contributed by atoms with Crippen LogP contribution in [0.2, 0.25) is 0 Å². The lowest BCUT2D eigenvalue weighted by Gasteiger charge is -2.33. The first-order valence-corrected chi connectivity index (χ1v) is 12.4. The van der Waals surface area contributed by atoms with Gasteiger partial charge >= 0.3 is 0 Å². The summed E-state index contributed by atoms with van der Waals surface area (Å²) < 4.78 is 49.1. The van der Waals surface area contributed by atoms with E-state index in [1.807, 2.05) is 0 Å². The lowest BCUT2D eigenvalue weighted by Crippen LogP contribution is -2.44. The van der Waals surface area contributed by atoms with Crippen LogP contribution in [0.25, 0.3) is 22.4 Å². The fourth-order valence-electron chi connectivity index (χ4n) is 4.00. The molecular weight excluding hydrogens is 477 g/mol. The van der Waals surface area contributed by atoms with Gasteiger partial charge in [0.05, 0.1) is 11.3 Å². The van der Waals surface area contributed by atoms with Crippen LogP contribution in [0.3, 0.4) is 0 Å². The Labute approximate surface area is 206 Å². The maximum atomic E-state index is 13.6. The Morgan fingerprint density at radius 2 is 1.74 bits per heavy atom. The number of piperazine rings is 1. The summed E-state index contributed by atoms with van der Waals surface area (Å²) in [4.78, 5) is 14.9. The fraction of sp³-hybridized carbons (Fsp3) is 0.375. The number of nitrogen functional groups attached to an aromatic ring is 1. The highest BCUT2D eigenvalue weighted by molar-refractivity contribution is 7.96. The van der Waals surface area contributed by atoms with Gasteiger partial charge in [0.15, 0.2) is 0 Å². The van der Waals surface area contributed by atoms with E-state index < -0.39 is 12.2 Å². The molecule has 1 fully saturated rings. The standard InChI is InChI=1S/C24H27F3N6OS/c1-15-13-17(14-19(29-15)22(26)27)20-21(16-3-5-18(25)6-4-16)30-24(28)31-23(20)34-12-11-32-7-9-33(35-2)10-8-32/h3-6,13-14,22H,7-12H2,1-2H3,(H2,28,30,31). The van der Waals surface area contributed by atoms with Gasteiger partial charge in [0.1, 0.15) is 18.1 Å². The normalized spacial score (nSPS) is 15.0. The summed E-state index contributed by atoms with van der Waals surface area (Å²) >= 11 is 1.74. The first-order valence-electron chi connectivity index (χ1n) is 11.2. The molecule has 3 aromatic rings. The van der Waals surface area contributed by atoms with Crippen LogP contribution in [0.4, 0.5) is 19.1 Å². The zero-order chi connectivity index (χ0) is 24.9. The Balaban J connectivity index is 1.70. The number of aryl methyl sites for hydroxylation is 1. The van der Waals surface area contributed by atoms with Gasteiger partial charge in [0.25, 0.3) is 6.43 Å². The smallest absolute Gasteiger partial charge is 0.280 e. The predicted octanol–water partition coefficient (Wildman–Crippen LogP) is 4.45. The molecule has 0 aliphatic carbocycles. The molecule has 0 amide bonds. The first-order chi connectivity index (χ1) is 16.8. The summed E-state index contributed by atoms with van der Waals surface area (Å²) in [7, 11) is 0. The molecule has 186 valence electrons. The molecule has 11 heteroatoms. The van der Waals surface area contributed by atoms with Crippen molar-refractivity contribution in [3.8, 4) is 28.3 Å². The van der Waals surface area contributed by atoms with E-state index in [0.29, 0.717) is 41.2 Å². The molecule has 0 radical (unpaired) electrons. The van der Waals surface area contributed by atoms with E-state index in [0.717, 1.165) is 26.2 Å². The second-order valence-corrected chi connectivity index (χ2v) is 9.02. The largest absolute Gasteiger partial charge is 0.476 e. The summed E-state index contributed by atoms with van der Waals surface area (Å²) in [6, 6.07) is 8.68. The van der Waals surface area contributed by atoms with Gasteiger partial charge in [-0.1, -0.05) is 11.9 Å². The highest BCUT2D eigenvalue weighted by Gasteiger charge is 2.22. The van der Waals surface area contributed by atoms with Crippen molar-refractivity contribution in [1.82, 2.24) is 24.2 Å². The Bertz CT molecular complexity index is 1160. The van der Waals surface area contributed by atoms with Crippen molar-refractivity contribution >= 4 is 17.9 Å². The molecular formula is C24H27F3N6OS. The number of rotatable bonds is 8. The van der Waals surface area contributed by atoms with E-state index in [-0.39, 0.29) is 17.5 Å². The van der Waals surface area contributed by atoms with Gasteiger partial charge in [-0.15, -0.1) is 0 Å². The number of ether oxygens (including phenoxy) is 1. The highest BCUT2D eigenvalue weighted by Crippen LogP contribution is 2.39. The zero-order valence-corrected chi connectivity index (χ0v) is 20.4. The van der Waals surface area contributed by atoms with E-state index in [4.69, 9.17) is 10.5 Å². The van der Waals surface area contributed by atoms with Crippen molar-refractivity contribution in [3.63, 3.8) is 0 Å². The van der Waals surface area contributed by atoms with Crippen LogP contribution in [-0.2, 0) is 0 Å². The SMILES string of the molecule is CSN1CCN(CCOc2nc(N)nc(-c3ccc(F)cc3)c2-c2cc(C)nc(C(F)F)c2)CC1. The van der Waals surface area contributed by atoms with Gasteiger partial charge in [-0.05, 0) is 55.1 Å². The predicted molar refractivity (Wildman–Crippen MR) is 132 cm³/mol. The Morgan fingerprint density at radius 3 is 2.40 bits per heavy atom. The number of hydrogen-bond acceptors (Lipinski definition) is 8. The maximum Gasteiger partial charge on any atom is 0.280 e. The first kappa shape index (κ1) is 25.2. The van der Waals surface area contributed by atoms with E-state index in [1.54, 1.807) is 37.1 Å². The fourth-order valence-corrected chi connectivity index (χ4v) is 4.52. The molecule has 7 nitrogen and oxygen atoms in total. The number of pyridine rings is 1. The minimum absolute atomic E-state index is 0.0310. The average molecular weight is 505 g/mol. The van der Waals surface area contributed by atoms with E-state index in [2.05, 4.69) is 30.4 Å². The number of nitrogens with zero attached hydrogens (tertiary/aromatic N) is 5. The van der Waals surface area contributed by atoms with E-state index in [1.165, 1.54) is 18.2 Å². The number of benzene rings is 1. The molecule has 2 N–H and O–H groups in total. The van der Waals surface area contributed by atoms with Crippen molar-refractivity contribution < 1.29 is 17.9 Å². The highest BCUT2D eigenvalue weighted by atomic mass is 32.2. The van der Waals surface area contributed by atoms with Gasteiger partial charge in [-0.25, -0.2) is 22.5 Å². The summed E-state index contributed by atoms with van der Waals surface area (Å²) in [5, 5.41) is 0. The lowest BCUT2D eigenvalue weighted by atomic mass is 9.99. The van der Waals surface area contributed by atoms with Gasteiger partial charge in [-0.2, -0.15) is 4.98 Å². The molecule has 1 aromatic carbocycles. The molecule has 1 aliphatic rings. The molecule has 2 aromatic heterocycles. The van der Waals surface area contributed by atoms with E-state index in [9.17, 15) is 13.2 Å². The average Bonchev–Trinajstić information content (AvgIpc) is 2.84. The minimum atomic E-state index is -2.75. The number of anilines is 1. The van der Waals surface area contributed by atoms with Gasteiger partial charge < -0.3 is 10.5 Å².